The summed E-state index contributed by atoms with van der Waals surface area (Å²) in [6, 6.07) is 17.3. The van der Waals surface area contributed by atoms with E-state index in [1.165, 1.54) is 69.6 Å². The number of ether oxygens (including phenoxy) is 7. The highest BCUT2D eigenvalue weighted by atomic mass is 16.6. The van der Waals surface area contributed by atoms with E-state index < -0.39 is 17.9 Å². The van der Waals surface area contributed by atoms with E-state index >= 15 is 0 Å². The van der Waals surface area contributed by atoms with Crippen LogP contribution in [0.3, 0.4) is 0 Å². The lowest BCUT2D eigenvalue weighted by Gasteiger charge is -2.13. The smallest absolute Gasteiger partial charge is 0.343 e. The van der Waals surface area contributed by atoms with Crippen LogP contribution in [0.4, 0.5) is 0 Å². The minimum atomic E-state index is -0.676. The number of hydrogen-bond donors (Lipinski definition) is 0. The summed E-state index contributed by atoms with van der Waals surface area (Å²) >= 11 is 0. The zero-order valence-electron chi connectivity index (χ0n) is 28.9. The molecule has 5 rings (SSSR count). The fraction of sp³-hybridized carbons (Fsp3) is 0.475. The van der Waals surface area contributed by atoms with Crippen molar-refractivity contribution in [2.45, 2.75) is 89.8 Å². The highest BCUT2D eigenvalue weighted by molar-refractivity contribution is 5.97. The summed E-state index contributed by atoms with van der Waals surface area (Å²) in [6.07, 6.45) is 13.2. The molecule has 0 aromatic heterocycles. The zero-order chi connectivity index (χ0) is 35.0. The highest BCUT2D eigenvalue weighted by Crippen LogP contribution is 2.28. The van der Waals surface area contributed by atoms with Gasteiger partial charge in [-0.25, -0.2) is 14.4 Å². The van der Waals surface area contributed by atoms with Crippen LogP contribution in [-0.2, 0) is 14.2 Å². The lowest BCUT2D eigenvalue weighted by atomic mass is 10.1. The Labute approximate surface area is 294 Å². The van der Waals surface area contributed by atoms with E-state index in [4.69, 9.17) is 33.2 Å². The number of carbonyl (C=O) groups is 3. The minimum absolute atomic E-state index is 0.00825. The first kappa shape index (κ1) is 36.9. The first-order chi connectivity index (χ1) is 24.5. The van der Waals surface area contributed by atoms with E-state index in [0.717, 1.165) is 19.3 Å². The molecule has 3 aromatic carbocycles. The van der Waals surface area contributed by atoms with Crippen molar-refractivity contribution in [3.63, 3.8) is 0 Å². The fourth-order valence-electron chi connectivity index (χ4n) is 5.24. The third kappa shape index (κ3) is 12.8. The van der Waals surface area contributed by atoms with E-state index in [1.807, 2.05) is 0 Å². The summed E-state index contributed by atoms with van der Waals surface area (Å²) in [5.41, 5.74) is 0.545. The van der Waals surface area contributed by atoms with E-state index in [-0.39, 0.29) is 41.4 Å². The Bertz CT molecular complexity index is 1510. The number of unbranched alkanes of at least 4 members (excludes halogenated alkanes) is 10. The van der Waals surface area contributed by atoms with Crippen molar-refractivity contribution in [1.29, 1.82) is 0 Å². The third-order valence-electron chi connectivity index (χ3n) is 8.42. The highest BCUT2D eigenvalue weighted by Gasteiger charge is 2.24. The second-order valence-electron chi connectivity index (χ2n) is 12.7. The maximum absolute atomic E-state index is 13.3. The predicted octanol–water partition coefficient (Wildman–Crippen LogP) is 8.15. The molecule has 0 spiro atoms. The SMILES string of the molecule is CCCCCCCCCCCCCOC(=O)c1cc(OC(=O)c2ccc(OCC3CO3)cc2)ccc1OC(=O)c1ccc(OCC2CO2)cc1. The summed E-state index contributed by atoms with van der Waals surface area (Å²) in [5, 5.41) is 0. The molecule has 2 aliphatic heterocycles. The zero-order valence-corrected chi connectivity index (χ0v) is 28.9. The molecular formula is C40H48O10. The monoisotopic (exact) mass is 688 g/mol. The van der Waals surface area contributed by atoms with Crippen molar-refractivity contribution in [3.05, 3.63) is 83.4 Å². The molecule has 10 nitrogen and oxygen atoms in total. The summed E-state index contributed by atoms with van der Waals surface area (Å²) in [7, 11) is 0. The van der Waals surface area contributed by atoms with Gasteiger partial charge >= 0.3 is 17.9 Å². The lowest BCUT2D eigenvalue weighted by molar-refractivity contribution is 0.0490. The number of epoxide rings is 2. The molecule has 0 bridgehead atoms. The lowest BCUT2D eigenvalue weighted by Crippen LogP contribution is -2.15. The van der Waals surface area contributed by atoms with E-state index in [1.54, 1.807) is 48.5 Å². The molecular weight excluding hydrogens is 640 g/mol. The van der Waals surface area contributed by atoms with Gasteiger partial charge in [0.15, 0.2) is 0 Å². The van der Waals surface area contributed by atoms with Crippen LogP contribution in [-0.4, -0.2) is 63.2 Å². The van der Waals surface area contributed by atoms with Crippen LogP contribution in [0.25, 0.3) is 0 Å². The number of hydrogen-bond acceptors (Lipinski definition) is 10. The molecule has 0 radical (unpaired) electrons. The van der Waals surface area contributed by atoms with Gasteiger partial charge in [0.05, 0.1) is 30.9 Å². The Hall–Kier alpha value is -4.41. The summed E-state index contributed by atoms with van der Waals surface area (Å²) < 4.78 is 38.4. The van der Waals surface area contributed by atoms with E-state index in [0.29, 0.717) is 43.5 Å². The predicted molar refractivity (Wildman–Crippen MR) is 186 cm³/mol. The van der Waals surface area contributed by atoms with Crippen molar-refractivity contribution in [2.24, 2.45) is 0 Å². The van der Waals surface area contributed by atoms with Crippen molar-refractivity contribution >= 4 is 17.9 Å². The van der Waals surface area contributed by atoms with Crippen LogP contribution >= 0.6 is 0 Å². The Morgan fingerprint density at radius 2 is 1.04 bits per heavy atom. The first-order valence-corrected chi connectivity index (χ1v) is 17.9. The van der Waals surface area contributed by atoms with Gasteiger partial charge in [-0.2, -0.15) is 0 Å². The van der Waals surface area contributed by atoms with Gasteiger partial charge in [0.2, 0.25) is 0 Å². The molecule has 268 valence electrons. The van der Waals surface area contributed by atoms with Crippen LogP contribution in [0.2, 0.25) is 0 Å². The quantitative estimate of drug-likeness (QED) is 0.0417. The summed E-state index contributed by atoms with van der Waals surface area (Å²) in [4.78, 5) is 39.3. The maximum Gasteiger partial charge on any atom is 0.343 e. The van der Waals surface area contributed by atoms with Gasteiger partial charge in [0, 0.05) is 0 Å². The van der Waals surface area contributed by atoms with Crippen molar-refractivity contribution in [2.75, 3.05) is 33.0 Å². The minimum Gasteiger partial charge on any atom is -0.491 e. The largest absolute Gasteiger partial charge is 0.491 e. The van der Waals surface area contributed by atoms with Gasteiger partial charge in [-0.3, -0.25) is 0 Å². The van der Waals surface area contributed by atoms with Gasteiger partial charge in [-0.15, -0.1) is 0 Å². The number of carbonyl (C=O) groups excluding carboxylic acids is 3. The van der Waals surface area contributed by atoms with Gasteiger partial charge in [0.25, 0.3) is 0 Å². The molecule has 0 amide bonds. The van der Waals surface area contributed by atoms with Crippen molar-refractivity contribution in [1.82, 2.24) is 0 Å². The van der Waals surface area contributed by atoms with E-state index in [2.05, 4.69) is 6.92 Å². The molecule has 0 saturated carbocycles. The molecule has 2 fully saturated rings. The second-order valence-corrected chi connectivity index (χ2v) is 12.7. The van der Waals surface area contributed by atoms with Crippen LogP contribution in [0, 0.1) is 0 Å². The molecule has 0 aliphatic carbocycles. The maximum atomic E-state index is 13.3. The summed E-state index contributed by atoms with van der Waals surface area (Å²) in [5.74, 6) is -0.657. The Kier molecular flexibility index (Phi) is 14.5. The molecule has 2 heterocycles. The topological polar surface area (TPSA) is 122 Å². The Morgan fingerprint density at radius 3 is 1.54 bits per heavy atom. The third-order valence-corrected chi connectivity index (χ3v) is 8.42. The standard InChI is InChI=1S/C40H48O10/c1-2-3-4-5-6-7-8-9-10-11-12-23-44-40(43)36-24-33(49-38(41)29-13-17-31(18-14-29)45-25-34-27-47-34)21-22-37(36)50-39(42)30-15-19-32(20-16-30)46-26-35-28-48-35/h13-22,24,34-35H,2-12,23,25-28H2,1H3. The molecule has 2 unspecified atom stereocenters. The number of esters is 3. The number of rotatable bonds is 23. The van der Waals surface area contributed by atoms with Crippen LogP contribution in [0.5, 0.6) is 23.0 Å². The molecule has 2 saturated heterocycles. The molecule has 2 atom stereocenters. The molecule has 50 heavy (non-hydrogen) atoms. The number of benzene rings is 3. The summed E-state index contributed by atoms with van der Waals surface area (Å²) in [6.45, 7) is 4.73. The molecule has 10 heteroatoms. The molecule has 3 aromatic rings. The normalized spacial score (nSPS) is 15.9. The van der Waals surface area contributed by atoms with Crippen LogP contribution in [0.15, 0.2) is 66.7 Å². The molecule has 0 N–H and O–H groups in total. The average Bonchev–Trinajstić information content (AvgIpc) is 4.08. The van der Waals surface area contributed by atoms with Gasteiger partial charge in [0.1, 0.15) is 54.0 Å². The van der Waals surface area contributed by atoms with Gasteiger partial charge in [-0.05, 0) is 73.2 Å². The average molecular weight is 689 g/mol. The van der Waals surface area contributed by atoms with Gasteiger partial charge < -0.3 is 33.2 Å². The van der Waals surface area contributed by atoms with Crippen molar-refractivity contribution in [3.8, 4) is 23.0 Å². The van der Waals surface area contributed by atoms with Crippen LogP contribution in [0.1, 0.15) is 109 Å². The fourth-order valence-corrected chi connectivity index (χ4v) is 5.24. The van der Waals surface area contributed by atoms with Crippen LogP contribution < -0.4 is 18.9 Å². The van der Waals surface area contributed by atoms with Crippen molar-refractivity contribution < 1.29 is 47.5 Å². The molecule has 2 aliphatic rings. The van der Waals surface area contributed by atoms with E-state index in [9.17, 15) is 14.4 Å². The van der Waals surface area contributed by atoms with Gasteiger partial charge in [-0.1, -0.05) is 71.1 Å². The Balaban J connectivity index is 1.15. The second kappa shape index (κ2) is 19.7. The first-order valence-electron chi connectivity index (χ1n) is 17.9. The Morgan fingerprint density at radius 1 is 0.580 bits per heavy atom.